The van der Waals surface area contributed by atoms with Gasteiger partial charge in [-0.3, -0.25) is 14.4 Å². The Kier molecular flexibility index (Phi) is 7.18. The van der Waals surface area contributed by atoms with Gasteiger partial charge in [-0.1, -0.05) is 35.9 Å². The van der Waals surface area contributed by atoms with Gasteiger partial charge in [-0.15, -0.1) is 0 Å². The lowest BCUT2D eigenvalue weighted by Gasteiger charge is -2.39. The minimum atomic E-state index is -0.243. The van der Waals surface area contributed by atoms with E-state index in [1.807, 2.05) is 18.2 Å². The Balaban J connectivity index is 1.31. The lowest BCUT2D eigenvalue weighted by Crippen LogP contribution is -2.52. The molecule has 4 rings (SSSR count). The molecule has 1 atom stereocenters. The lowest BCUT2D eigenvalue weighted by atomic mass is 9.90. The van der Waals surface area contributed by atoms with E-state index in [-0.39, 0.29) is 36.8 Å². The Hall–Kier alpha value is -3.06. The Morgan fingerprint density at radius 2 is 1.55 bits per heavy atom. The van der Waals surface area contributed by atoms with E-state index in [2.05, 4.69) is 6.07 Å². The summed E-state index contributed by atoms with van der Waals surface area (Å²) in [5, 5.41) is 0.609. The van der Waals surface area contributed by atoms with Crippen LogP contribution in [-0.2, 0) is 20.8 Å². The zero-order valence-corrected chi connectivity index (χ0v) is 19.5. The predicted molar refractivity (Wildman–Crippen MR) is 125 cm³/mol. The van der Waals surface area contributed by atoms with E-state index in [1.165, 1.54) is 5.56 Å². The Morgan fingerprint density at radius 3 is 2.21 bits per heavy atom. The normalized spacial score (nSPS) is 18.0. The van der Waals surface area contributed by atoms with E-state index in [9.17, 15) is 14.4 Å². The van der Waals surface area contributed by atoms with Gasteiger partial charge in [0, 0.05) is 44.7 Å². The van der Waals surface area contributed by atoms with Crippen LogP contribution < -0.4 is 4.74 Å². The molecule has 1 saturated heterocycles. The van der Waals surface area contributed by atoms with Gasteiger partial charge >= 0.3 is 0 Å². The van der Waals surface area contributed by atoms with E-state index in [4.69, 9.17) is 16.3 Å². The summed E-state index contributed by atoms with van der Waals surface area (Å²) in [6.45, 7) is 4.00. The molecule has 1 fully saturated rings. The largest absolute Gasteiger partial charge is 0.484 e. The maximum Gasteiger partial charge on any atom is 0.260 e. The number of hydrogen-bond acceptors (Lipinski definition) is 4. The number of carbonyl (C=O) groups excluding carboxylic acids is 3. The summed E-state index contributed by atoms with van der Waals surface area (Å²) in [5.41, 5.74) is 2.25. The molecule has 8 heteroatoms. The van der Waals surface area contributed by atoms with Crippen LogP contribution in [0.4, 0.5) is 0 Å². The fraction of sp³-hybridized carbons (Fsp3) is 0.400. The monoisotopic (exact) mass is 469 g/mol. The molecule has 1 unspecified atom stereocenters. The van der Waals surface area contributed by atoms with Crippen LogP contribution in [0.2, 0.25) is 5.02 Å². The second-order valence-corrected chi connectivity index (χ2v) is 8.82. The van der Waals surface area contributed by atoms with Crippen LogP contribution in [-0.4, -0.2) is 71.8 Å². The first kappa shape index (κ1) is 23.1. The van der Waals surface area contributed by atoms with Gasteiger partial charge in [0.1, 0.15) is 5.75 Å². The van der Waals surface area contributed by atoms with Crippen molar-refractivity contribution in [3.63, 3.8) is 0 Å². The van der Waals surface area contributed by atoms with Crippen molar-refractivity contribution in [1.29, 1.82) is 0 Å². The van der Waals surface area contributed by atoms with E-state index in [1.54, 1.807) is 45.9 Å². The van der Waals surface area contributed by atoms with E-state index < -0.39 is 0 Å². The Labute approximate surface area is 198 Å². The molecule has 2 aromatic rings. The third-order valence-electron chi connectivity index (χ3n) is 6.35. The highest BCUT2D eigenvalue weighted by atomic mass is 35.5. The number of amides is 3. The minimum absolute atomic E-state index is 0.00691. The summed E-state index contributed by atoms with van der Waals surface area (Å²) in [5.74, 6) is 0.469. The van der Waals surface area contributed by atoms with Gasteiger partial charge in [-0.2, -0.15) is 0 Å². The maximum absolute atomic E-state index is 13.1. The predicted octanol–water partition coefficient (Wildman–Crippen LogP) is 2.93. The minimum Gasteiger partial charge on any atom is -0.484 e. The van der Waals surface area contributed by atoms with Gasteiger partial charge in [-0.05, 0) is 41.8 Å². The van der Waals surface area contributed by atoms with Crippen LogP contribution in [0.3, 0.4) is 0 Å². The van der Waals surface area contributed by atoms with E-state index in [0.29, 0.717) is 43.5 Å². The molecule has 0 aromatic heterocycles. The van der Waals surface area contributed by atoms with Crippen LogP contribution in [0.1, 0.15) is 30.5 Å². The molecule has 0 radical (unpaired) electrons. The molecule has 33 heavy (non-hydrogen) atoms. The third kappa shape index (κ3) is 5.47. The smallest absolute Gasteiger partial charge is 0.260 e. The zero-order chi connectivity index (χ0) is 23.4. The highest BCUT2D eigenvalue weighted by Gasteiger charge is 2.33. The van der Waals surface area contributed by atoms with Crippen molar-refractivity contribution in [2.75, 3.05) is 39.3 Å². The number of benzene rings is 2. The molecule has 174 valence electrons. The molecular formula is C25H28ClN3O4. The molecule has 0 aliphatic carbocycles. The molecule has 0 spiro atoms. The quantitative estimate of drug-likeness (QED) is 0.675. The second-order valence-electron chi connectivity index (χ2n) is 8.39. The summed E-state index contributed by atoms with van der Waals surface area (Å²) < 4.78 is 5.55. The van der Waals surface area contributed by atoms with Crippen molar-refractivity contribution in [1.82, 2.24) is 14.7 Å². The topological polar surface area (TPSA) is 70.2 Å². The zero-order valence-electron chi connectivity index (χ0n) is 18.7. The van der Waals surface area contributed by atoms with E-state index >= 15 is 0 Å². The standard InChI is InChI=1S/C25H28ClN3O4/c1-18(30)29-11-10-19-4-2-3-5-22(19)23(29)16-24(31)27-12-14-28(15-13-27)25(32)17-33-21-8-6-20(26)7-9-21/h2-9,23H,10-17H2,1H3. The van der Waals surface area contributed by atoms with E-state index in [0.717, 1.165) is 12.0 Å². The van der Waals surface area contributed by atoms with Gasteiger partial charge in [0.2, 0.25) is 11.8 Å². The van der Waals surface area contributed by atoms with Gasteiger partial charge in [0.25, 0.3) is 5.91 Å². The van der Waals surface area contributed by atoms with Crippen LogP contribution in [0, 0.1) is 0 Å². The van der Waals surface area contributed by atoms with Gasteiger partial charge in [-0.25, -0.2) is 0 Å². The second kappa shape index (κ2) is 10.3. The first-order chi connectivity index (χ1) is 15.9. The van der Waals surface area contributed by atoms with Crippen LogP contribution in [0.25, 0.3) is 0 Å². The molecule has 0 saturated carbocycles. The molecule has 2 heterocycles. The number of hydrogen-bond donors (Lipinski definition) is 0. The van der Waals surface area contributed by atoms with Crippen molar-refractivity contribution in [3.05, 3.63) is 64.7 Å². The number of fused-ring (bicyclic) bond motifs is 1. The van der Waals surface area contributed by atoms with Crippen molar-refractivity contribution in [2.45, 2.75) is 25.8 Å². The summed E-state index contributed by atoms with van der Waals surface area (Å²) in [6.07, 6.45) is 1.06. The van der Waals surface area contributed by atoms with Crippen molar-refractivity contribution in [2.24, 2.45) is 0 Å². The highest BCUT2D eigenvalue weighted by molar-refractivity contribution is 6.30. The number of ether oxygens (including phenoxy) is 1. The van der Waals surface area contributed by atoms with Crippen molar-refractivity contribution >= 4 is 29.3 Å². The van der Waals surface area contributed by atoms with Gasteiger partial charge in [0.15, 0.2) is 6.61 Å². The Morgan fingerprint density at radius 1 is 0.909 bits per heavy atom. The Bertz CT molecular complexity index is 1020. The summed E-state index contributed by atoms with van der Waals surface area (Å²) in [4.78, 5) is 43.1. The number of nitrogens with zero attached hydrogens (tertiary/aromatic N) is 3. The molecule has 0 bridgehead atoms. The molecule has 0 N–H and O–H groups in total. The molecule has 2 aliphatic rings. The first-order valence-electron chi connectivity index (χ1n) is 11.2. The van der Waals surface area contributed by atoms with Crippen molar-refractivity contribution < 1.29 is 19.1 Å². The highest BCUT2D eigenvalue weighted by Crippen LogP contribution is 2.33. The van der Waals surface area contributed by atoms with Crippen LogP contribution in [0.15, 0.2) is 48.5 Å². The van der Waals surface area contributed by atoms with Crippen molar-refractivity contribution in [3.8, 4) is 5.75 Å². The average Bonchev–Trinajstić information content (AvgIpc) is 2.83. The van der Waals surface area contributed by atoms with Crippen LogP contribution >= 0.6 is 11.6 Å². The molecule has 7 nitrogen and oxygen atoms in total. The first-order valence-corrected chi connectivity index (χ1v) is 11.6. The molecule has 2 aromatic carbocycles. The fourth-order valence-corrected chi connectivity index (χ4v) is 4.64. The summed E-state index contributed by atoms with van der Waals surface area (Å²) in [6, 6.07) is 14.7. The molecular weight excluding hydrogens is 442 g/mol. The summed E-state index contributed by atoms with van der Waals surface area (Å²) in [7, 11) is 0. The lowest BCUT2D eigenvalue weighted by molar-refractivity contribution is -0.142. The van der Waals surface area contributed by atoms with Crippen LogP contribution in [0.5, 0.6) is 5.75 Å². The SMILES string of the molecule is CC(=O)N1CCc2ccccc2C1CC(=O)N1CCN(C(=O)COc2ccc(Cl)cc2)CC1. The maximum atomic E-state index is 13.1. The van der Waals surface area contributed by atoms with Gasteiger partial charge in [0.05, 0.1) is 12.5 Å². The number of rotatable bonds is 5. The number of carbonyl (C=O) groups is 3. The van der Waals surface area contributed by atoms with Gasteiger partial charge < -0.3 is 19.4 Å². The third-order valence-corrected chi connectivity index (χ3v) is 6.60. The fourth-order valence-electron chi connectivity index (χ4n) is 4.52. The average molecular weight is 470 g/mol. The molecule has 2 aliphatic heterocycles. The number of piperazine rings is 1. The number of halogens is 1. The summed E-state index contributed by atoms with van der Waals surface area (Å²) >= 11 is 5.86. The molecule has 3 amide bonds.